The van der Waals surface area contributed by atoms with Crippen molar-refractivity contribution in [3.63, 3.8) is 0 Å². The first kappa shape index (κ1) is 13.8. The molecule has 0 aliphatic heterocycles. The topological polar surface area (TPSA) is 71.3 Å². The molecule has 86 valence electrons. The largest absolute Gasteiger partial charge is 0.411 e. The van der Waals surface area contributed by atoms with E-state index in [9.17, 15) is 0 Å². The summed E-state index contributed by atoms with van der Waals surface area (Å²) in [6.07, 6.45) is 3.08. The molecule has 0 aliphatic rings. The van der Waals surface area contributed by atoms with Crippen LogP contribution in [0.4, 0.5) is 0 Å². The average Bonchev–Trinajstić information content (AvgIpc) is 2.26. The third-order valence-corrected chi connectivity index (χ3v) is 1.59. The second-order valence-corrected chi connectivity index (χ2v) is 2.69. The third kappa shape index (κ3) is 6.01. The lowest BCUT2D eigenvalue weighted by Crippen LogP contribution is -2.36. The van der Waals surface area contributed by atoms with Crippen molar-refractivity contribution in [2.24, 2.45) is 5.16 Å². The molecule has 0 aliphatic carbocycles. The molecule has 0 aromatic heterocycles. The molecular formula is C10H17NO4. The molecular weight excluding hydrogens is 198 g/mol. The van der Waals surface area contributed by atoms with E-state index in [2.05, 4.69) is 18.3 Å². The van der Waals surface area contributed by atoms with Crippen molar-refractivity contribution in [2.45, 2.75) is 12.2 Å². The van der Waals surface area contributed by atoms with Crippen LogP contribution in [0.15, 0.2) is 30.5 Å². The fourth-order valence-corrected chi connectivity index (χ4v) is 0.934. The molecule has 0 spiro atoms. The van der Waals surface area contributed by atoms with E-state index >= 15 is 0 Å². The van der Waals surface area contributed by atoms with Crippen molar-refractivity contribution in [1.29, 1.82) is 0 Å². The van der Waals surface area contributed by atoms with Gasteiger partial charge in [-0.15, -0.1) is 13.2 Å². The molecule has 0 saturated heterocycles. The molecule has 15 heavy (non-hydrogen) atoms. The van der Waals surface area contributed by atoms with Gasteiger partial charge < -0.3 is 19.8 Å². The molecule has 2 atom stereocenters. The molecule has 0 amide bonds. The lowest BCUT2D eigenvalue weighted by atomic mass is 10.2. The number of aliphatic hydroxyl groups is 1. The Morgan fingerprint density at radius 3 is 2.27 bits per heavy atom. The summed E-state index contributed by atoms with van der Waals surface area (Å²) in [5.74, 6) is 0. The van der Waals surface area contributed by atoms with Crippen molar-refractivity contribution in [3.05, 3.63) is 25.3 Å². The van der Waals surface area contributed by atoms with E-state index in [1.807, 2.05) is 0 Å². The zero-order valence-corrected chi connectivity index (χ0v) is 8.58. The van der Waals surface area contributed by atoms with Crippen LogP contribution in [0.25, 0.3) is 0 Å². The predicted octanol–water partition coefficient (Wildman–Crippen LogP) is 0.581. The fourth-order valence-electron chi connectivity index (χ4n) is 0.934. The molecule has 0 unspecified atom stereocenters. The summed E-state index contributed by atoms with van der Waals surface area (Å²) in [6, 6.07) is 0. The van der Waals surface area contributed by atoms with Crippen LogP contribution in [-0.4, -0.2) is 48.6 Å². The second-order valence-electron chi connectivity index (χ2n) is 2.69. The van der Waals surface area contributed by atoms with Gasteiger partial charge in [-0.25, -0.2) is 0 Å². The Bertz CT molecular complexity index is 206. The summed E-state index contributed by atoms with van der Waals surface area (Å²) in [7, 11) is 0. The van der Waals surface area contributed by atoms with Crippen LogP contribution >= 0.6 is 0 Å². The van der Waals surface area contributed by atoms with Crippen LogP contribution in [0.3, 0.4) is 0 Å². The van der Waals surface area contributed by atoms with Crippen LogP contribution < -0.4 is 0 Å². The number of hydrogen-bond donors (Lipinski definition) is 2. The van der Waals surface area contributed by atoms with E-state index < -0.39 is 12.2 Å². The highest BCUT2D eigenvalue weighted by Crippen LogP contribution is 2.03. The quantitative estimate of drug-likeness (QED) is 0.255. The van der Waals surface area contributed by atoms with Gasteiger partial charge in [0, 0.05) is 0 Å². The highest BCUT2D eigenvalue weighted by atomic mass is 16.5. The van der Waals surface area contributed by atoms with Crippen molar-refractivity contribution < 1.29 is 19.8 Å². The van der Waals surface area contributed by atoms with Gasteiger partial charge in [0.05, 0.1) is 26.0 Å². The highest BCUT2D eigenvalue weighted by molar-refractivity contribution is 5.63. The number of aliphatic hydroxyl groups excluding tert-OH is 1. The predicted molar refractivity (Wildman–Crippen MR) is 57.2 cm³/mol. The lowest BCUT2D eigenvalue weighted by Gasteiger charge is -2.21. The van der Waals surface area contributed by atoms with E-state index in [-0.39, 0.29) is 13.2 Å². The van der Waals surface area contributed by atoms with Crippen LogP contribution in [0.5, 0.6) is 0 Å². The first-order valence-electron chi connectivity index (χ1n) is 4.53. The number of hydrogen-bond acceptors (Lipinski definition) is 5. The molecule has 0 saturated carbocycles. The molecule has 0 aromatic carbocycles. The number of ether oxygens (including phenoxy) is 2. The Hall–Kier alpha value is -1.17. The first-order chi connectivity index (χ1) is 7.29. The fraction of sp³-hybridized carbons (Fsp3) is 0.500. The molecule has 0 bridgehead atoms. The van der Waals surface area contributed by atoms with Gasteiger partial charge in [0.25, 0.3) is 0 Å². The Kier molecular flexibility index (Phi) is 8.66. The molecule has 0 fully saturated rings. The molecule has 0 rings (SSSR count). The minimum absolute atomic E-state index is 0.234. The molecule has 5 heteroatoms. The minimum atomic E-state index is -0.613. The van der Waals surface area contributed by atoms with Gasteiger partial charge in [0.1, 0.15) is 12.2 Å². The first-order valence-corrected chi connectivity index (χ1v) is 4.53. The maximum atomic E-state index is 9.04. The molecule has 5 nitrogen and oxygen atoms in total. The summed E-state index contributed by atoms with van der Waals surface area (Å²) in [5.41, 5.74) is 0. The molecule has 0 heterocycles. The summed E-state index contributed by atoms with van der Waals surface area (Å²) in [6.45, 7) is 7.31. The Balaban J connectivity index is 4.24. The van der Waals surface area contributed by atoms with E-state index in [0.717, 1.165) is 6.21 Å². The molecule has 2 N–H and O–H groups in total. The van der Waals surface area contributed by atoms with Crippen LogP contribution in [0, 0.1) is 0 Å². The van der Waals surface area contributed by atoms with Gasteiger partial charge in [-0.3, -0.25) is 0 Å². The summed E-state index contributed by atoms with van der Waals surface area (Å²) in [5, 5.41) is 20.3. The van der Waals surface area contributed by atoms with E-state index in [0.29, 0.717) is 6.61 Å². The minimum Gasteiger partial charge on any atom is -0.411 e. The number of rotatable bonds is 9. The zero-order valence-electron chi connectivity index (χ0n) is 8.58. The second kappa shape index (κ2) is 9.39. The Morgan fingerprint density at radius 2 is 1.80 bits per heavy atom. The molecule has 0 radical (unpaired) electrons. The SMILES string of the molecule is C=CCO[C@@H](/C=N/O)[C@@H](CO)OCC=C. The van der Waals surface area contributed by atoms with Gasteiger partial charge in [-0.2, -0.15) is 0 Å². The van der Waals surface area contributed by atoms with Gasteiger partial charge in [0.15, 0.2) is 0 Å². The standard InChI is InChI=1S/C10H17NO4/c1-3-5-14-9(7-11-13)10(8-12)15-6-4-2/h3-4,7,9-10,12-13H,1-2,5-6,8H2/b11-7+/t9-,10+/m0/s1. The maximum absolute atomic E-state index is 9.04. The summed E-state index contributed by atoms with van der Waals surface area (Å²) >= 11 is 0. The lowest BCUT2D eigenvalue weighted by molar-refractivity contribution is -0.0501. The smallest absolute Gasteiger partial charge is 0.125 e. The van der Waals surface area contributed by atoms with E-state index in [1.165, 1.54) is 0 Å². The Labute approximate surface area is 89.3 Å². The van der Waals surface area contributed by atoms with Crippen molar-refractivity contribution in [3.8, 4) is 0 Å². The monoisotopic (exact) mass is 215 g/mol. The number of oxime groups is 1. The van der Waals surface area contributed by atoms with E-state index in [1.54, 1.807) is 12.2 Å². The van der Waals surface area contributed by atoms with Gasteiger partial charge in [0.2, 0.25) is 0 Å². The molecule has 0 aromatic rings. The summed E-state index contributed by atoms with van der Waals surface area (Å²) in [4.78, 5) is 0. The van der Waals surface area contributed by atoms with Crippen LogP contribution in [-0.2, 0) is 9.47 Å². The average molecular weight is 215 g/mol. The normalized spacial score (nSPS) is 15.0. The van der Waals surface area contributed by atoms with Crippen molar-refractivity contribution in [2.75, 3.05) is 19.8 Å². The summed E-state index contributed by atoms with van der Waals surface area (Å²) < 4.78 is 10.5. The van der Waals surface area contributed by atoms with Gasteiger partial charge in [-0.05, 0) is 0 Å². The van der Waals surface area contributed by atoms with Gasteiger partial charge in [-0.1, -0.05) is 17.3 Å². The van der Waals surface area contributed by atoms with Crippen molar-refractivity contribution >= 4 is 6.21 Å². The third-order valence-electron chi connectivity index (χ3n) is 1.59. The zero-order chi connectivity index (χ0) is 11.5. The van der Waals surface area contributed by atoms with Crippen molar-refractivity contribution in [1.82, 2.24) is 0 Å². The van der Waals surface area contributed by atoms with Crippen LogP contribution in [0.1, 0.15) is 0 Å². The maximum Gasteiger partial charge on any atom is 0.125 e. The van der Waals surface area contributed by atoms with Gasteiger partial charge >= 0.3 is 0 Å². The van der Waals surface area contributed by atoms with Crippen LogP contribution in [0.2, 0.25) is 0 Å². The Morgan fingerprint density at radius 1 is 1.20 bits per heavy atom. The number of nitrogens with zero attached hydrogens (tertiary/aromatic N) is 1. The highest BCUT2D eigenvalue weighted by Gasteiger charge is 2.20. The van der Waals surface area contributed by atoms with E-state index in [4.69, 9.17) is 19.8 Å².